The quantitative estimate of drug-likeness (QED) is 0.0903. The number of hydrogen-bond acceptors (Lipinski definition) is 6. The largest absolute Gasteiger partial charge is 0.497 e. The van der Waals surface area contributed by atoms with E-state index >= 15 is 0 Å². The molecule has 6 heteroatoms. The van der Waals surface area contributed by atoms with Crippen molar-refractivity contribution >= 4 is 23.1 Å². The highest BCUT2D eigenvalue weighted by molar-refractivity contribution is 7.13. The summed E-state index contributed by atoms with van der Waals surface area (Å²) >= 11 is 1.51. The maximum atomic E-state index is 13.2. The maximum absolute atomic E-state index is 13.2. The minimum atomic E-state index is -0.269. The van der Waals surface area contributed by atoms with Crippen molar-refractivity contribution in [2.24, 2.45) is 0 Å². The molecule has 0 bridgehead atoms. The van der Waals surface area contributed by atoms with Crippen LogP contribution in [0.25, 0.3) is 0 Å². The highest BCUT2D eigenvalue weighted by Crippen LogP contribution is 2.42. The lowest BCUT2D eigenvalue weighted by atomic mass is 9.91. The molecular formula is C40H46O5S. The number of benzene rings is 3. The van der Waals surface area contributed by atoms with Gasteiger partial charge in [-0.05, 0) is 90.1 Å². The summed E-state index contributed by atoms with van der Waals surface area (Å²) in [6, 6.07) is 29.4. The molecule has 0 saturated heterocycles. The van der Waals surface area contributed by atoms with Gasteiger partial charge in [-0.1, -0.05) is 86.8 Å². The predicted octanol–water partition coefficient (Wildman–Crippen LogP) is 9.79. The predicted molar refractivity (Wildman–Crippen MR) is 185 cm³/mol. The Bertz CT molecular complexity index is 1540. The molecule has 0 amide bonds. The molecule has 46 heavy (non-hydrogen) atoms. The van der Waals surface area contributed by atoms with Gasteiger partial charge in [-0.25, -0.2) is 4.79 Å². The summed E-state index contributed by atoms with van der Waals surface area (Å²) in [7, 11) is 3.09. The van der Waals surface area contributed by atoms with Crippen LogP contribution >= 0.6 is 11.3 Å². The van der Waals surface area contributed by atoms with E-state index < -0.39 is 0 Å². The minimum absolute atomic E-state index is 0.0240. The number of methoxy groups -OCH3 is 2. The first-order chi connectivity index (χ1) is 22.5. The summed E-state index contributed by atoms with van der Waals surface area (Å²) in [6.07, 6.45) is 8.88. The molecular weight excluding hydrogens is 593 g/mol. The van der Waals surface area contributed by atoms with Gasteiger partial charge in [0, 0.05) is 17.2 Å². The first-order valence-corrected chi connectivity index (χ1v) is 17.4. The Morgan fingerprint density at radius 2 is 1.54 bits per heavy atom. The van der Waals surface area contributed by atoms with Gasteiger partial charge in [-0.15, -0.1) is 11.3 Å². The molecule has 0 radical (unpaired) electrons. The van der Waals surface area contributed by atoms with Crippen molar-refractivity contribution in [3.63, 3.8) is 0 Å². The number of rotatable bonds is 16. The van der Waals surface area contributed by atoms with E-state index in [2.05, 4.69) is 67.6 Å². The Morgan fingerprint density at radius 1 is 0.826 bits per heavy atom. The molecule has 5 nitrogen and oxygen atoms in total. The summed E-state index contributed by atoms with van der Waals surface area (Å²) in [5.41, 5.74) is 5.96. The second-order valence-electron chi connectivity index (χ2n) is 12.3. The number of hydrogen-bond donors (Lipinski definition) is 0. The smallest absolute Gasteiger partial charge is 0.348 e. The van der Waals surface area contributed by atoms with Crippen LogP contribution in [0, 0.1) is 0 Å². The van der Waals surface area contributed by atoms with E-state index in [1.54, 1.807) is 7.11 Å². The molecule has 1 saturated carbocycles. The number of Topliss-reactive ketones (excluding diaryl/α,β-unsaturated/α-hetero) is 1. The van der Waals surface area contributed by atoms with E-state index in [0.717, 1.165) is 55.4 Å². The van der Waals surface area contributed by atoms with Crippen molar-refractivity contribution in [1.29, 1.82) is 0 Å². The van der Waals surface area contributed by atoms with Gasteiger partial charge in [0.25, 0.3) is 0 Å². The van der Waals surface area contributed by atoms with Gasteiger partial charge in [0.15, 0.2) is 0 Å². The molecule has 0 aliphatic heterocycles. The summed E-state index contributed by atoms with van der Waals surface area (Å²) < 4.78 is 16.5. The average Bonchev–Trinajstić information content (AvgIpc) is 3.73. The molecule has 3 atom stereocenters. The Labute approximate surface area is 277 Å². The van der Waals surface area contributed by atoms with Crippen molar-refractivity contribution in [1.82, 2.24) is 0 Å². The lowest BCUT2D eigenvalue weighted by molar-refractivity contribution is -0.118. The van der Waals surface area contributed by atoms with E-state index in [1.165, 1.54) is 52.9 Å². The molecule has 2 unspecified atom stereocenters. The summed E-state index contributed by atoms with van der Waals surface area (Å²) in [4.78, 5) is 26.8. The minimum Gasteiger partial charge on any atom is -0.497 e. The molecule has 5 rings (SSSR count). The number of aryl methyl sites for hydroxylation is 2. The fourth-order valence-electron chi connectivity index (χ4n) is 6.39. The van der Waals surface area contributed by atoms with Gasteiger partial charge >= 0.3 is 5.97 Å². The summed E-state index contributed by atoms with van der Waals surface area (Å²) in [5.74, 6) is 1.11. The lowest BCUT2D eigenvalue weighted by Crippen LogP contribution is -2.07. The molecule has 0 spiro atoms. The van der Waals surface area contributed by atoms with Crippen LogP contribution in [0.3, 0.4) is 0 Å². The Hall–Kier alpha value is -3.74. The third kappa shape index (κ3) is 8.95. The van der Waals surface area contributed by atoms with Gasteiger partial charge < -0.3 is 14.2 Å². The Kier molecular flexibility index (Phi) is 12.2. The highest BCUT2D eigenvalue weighted by Gasteiger charge is 2.34. The van der Waals surface area contributed by atoms with Gasteiger partial charge in [-0.2, -0.15) is 0 Å². The van der Waals surface area contributed by atoms with Gasteiger partial charge in [-0.3, -0.25) is 4.79 Å². The number of ketones is 1. The normalized spacial score (nSPS) is 16.8. The van der Waals surface area contributed by atoms with Gasteiger partial charge in [0.05, 0.1) is 26.9 Å². The molecule has 1 fully saturated rings. The average molecular weight is 639 g/mol. The number of ether oxygens (including phenoxy) is 3. The number of carbonyl (C=O) groups is 2. The standard InChI is InChI=1S/C40H46O5S/c1-4-5-6-10-38(45-27-29-13-21-34(43-2)22-14-29)32-19-17-31(18-20-32)36-25-33(26-37(36)41)30-15-11-28(12-16-30)8-7-9-35-23-24-39(46-35)40(42)44-3/h11-24,33,36,38H,4-10,25-27H2,1-3H3/t33?,36-,38?/m0/s1. The Morgan fingerprint density at radius 3 is 2.24 bits per heavy atom. The van der Waals surface area contributed by atoms with E-state index in [9.17, 15) is 9.59 Å². The van der Waals surface area contributed by atoms with E-state index in [1.807, 2.05) is 24.3 Å². The Balaban J connectivity index is 1.15. The highest BCUT2D eigenvalue weighted by atomic mass is 32.1. The molecule has 4 aromatic rings. The molecule has 0 N–H and O–H groups in total. The zero-order valence-corrected chi connectivity index (χ0v) is 28.2. The molecule has 3 aromatic carbocycles. The van der Waals surface area contributed by atoms with E-state index in [0.29, 0.717) is 23.7 Å². The van der Waals surface area contributed by atoms with Crippen LogP contribution in [0.2, 0.25) is 0 Å². The molecule has 1 heterocycles. The zero-order valence-electron chi connectivity index (χ0n) is 27.3. The fourth-order valence-corrected chi connectivity index (χ4v) is 7.36. The number of unbranched alkanes of at least 4 members (excludes halogenated alkanes) is 2. The molecule has 1 aromatic heterocycles. The van der Waals surface area contributed by atoms with Crippen LogP contribution in [0.4, 0.5) is 0 Å². The number of carbonyl (C=O) groups excluding carboxylic acids is 2. The third-order valence-corrected chi connectivity index (χ3v) is 10.3. The van der Waals surface area contributed by atoms with Crippen molar-refractivity contribution in [3.05, 3.63) is 123 Å². The first kappa shape index (κ1) is 33.6. The lowest BCUT2D eigenvalue weighted by Gasteiger charge is -2.20. The number of thiophene rings is 1. The van der Waals surface area contributed by atoms with Crippen LogP contribution in [-0.2, 0) is 33.7 Å². The van der Waals surface area contributed by atoms with Crippen LogP contribution in [0.15, 0.2) is 84.9 Å². The van der Waals surface area contributed by atoms with Crippen LogP contribution < -0.4 is 4.74 Å². The van der Waals surface area contributed by atoms with Crippen molar-refractivity contribution < 1.29 is 23.8 Å². The molecule has 1 aliphatic carbocycles. The third-order valence-electron chi connectivity index (χ3n) is 9.14. The van der Waals surface area contributed by atoms with Gasteiger partial charge in [0.1, 0.15) is 16.4 Å². The maximum Gasteiger partial charge on any atom is 0.348 e. The second kappa shape index (κ2) is 16.7. The second-order valence-corrected chi connectivity index (χ2v) is 13.5. The molecule has 242 valence electrons. The van der Waals surface area contributed by atoms with Crippen LogP contribution in [0.5, 0.6) is 5.75 Å². The zero-order chi connectivity index (χ0) is 32.3. The number of esters is 1. The molecule has 1 aliphatic rings. The van der Waals surface area contributed by atoms with Crippen LogP contribution in [-0.4, -0.2) is 26.0 Å². The summed E-state index contributed by atoms with van der Waals surface area (Å²) in [5, 5.41) is 0. The van der Waals surface area contributed by atoms with E-state index in [-0.39, 0.29) is 23.9 Å². The monoisotopic (exact) mass is 638 g/mol. The van der Waals surface area contributed by atoms with Crippen molar-refractivity contribution in [2.45, 2.75) is 89.3 Å². The van der Waals surface area contributed by atoms with Crippen molar-refractivity contribution in [2.75, 3.05) is 14.2 Å². The fraction of sp³-hybridized carbons (Fsp3) is 0.400. The first-order valence-electron chi connectivity index (χ1n) is 16.6. The van der Waals surface area contributed by atoms with Crippen molar-refractivity contribution in [3.8, 4) is 5.75 Å². The van der Waals surface area contributed by atoms with E-state index in [4.69, 9.17) is 14.2 Å². The SMILES string of the molecule is CCCCCC(OCc1ccc(OC)cc1)c1ccc([C@@H]2CC(c3ccc(CCCc4ccc(C(=O)OC)s4)cc3)CC2=O)cc1. The van der Waals surface area contributed by atoms with Crippen LogP contribution in [0.1, 0.15) is 112 Å². The topological polar surface area (TPSA) is 61.8 Å². The summed E-state index contributed by atoms with van der Waals surface area (Å²) in [6.45, 7) is 2.77. The van der Waals surface area contributed by atoms with Gasteiger partial charge in [0.2, 0.25) is 0 Å².